The fourth-order valence-electron chi connectivity index (χ4n) is 4.25. The maximum atomic E-state index is 13.1. The minimum absolute atomic E-state index is 0.333. The molecule has 3 aromatic rings. The van der Waals surface area contributed by atoms with Crippen LogP contribution in [0.25, 0.3) is 0 Å². The zero-order valence-corrected chi connectivity index (χ0v) is 20.4. The number of benzene rings is 2. The Morgan fingerprint density at radius 3 is 1.79 bits per heavy atom. The van der Waals surface area contributed by atoms with Gasteiger partial charge < -0.3 is 20.6 Å². The molecule has 208 valence electrons. The van der Waals surface area contributed by atoms with E-state index in [1.54, 1.807) is 36.7 Å². The SMILES string of the molecule is O=C(Nc1ccncc1)Nc1ccc(N2CCN(Cc3ccc(C(O)(C(F)(F)F)C(F)(F)F)cc3)CC2)cc1. The lowest BCUT2D eigenvalue weighted by Crippen LogP contribution is -2.53. The summed E-state index contributed by atoms with van der Waals surface area (Å²) in [6, 6.07) is 13.9. The minimum Gasteiger partial charge on any atom is -0.369 e. The molecule has 1 saturated heterocycles. The highest BCUT2D eigenvalue weighted by Gasteiger charge is 2.71. The molecule has 2 aromatic carbocycles. The lowest BCUT2D eigenvalue weighted by Gasteiger charge is -2.36. The Labute approximate surface area is 220 Å². The molecule has 2 amide bonds. The van der Waals surface area contributed by atoms with E-state index in [4.69, 9.17) is 0 Å². The molecular weight excluding hydrogens is 528 g/mol. The molecular formula is C26H25F6N5O2. The molecule has 13 heteroatoms. The van der Waals surface area contributed by atoms with Crippen molar-refractivity contribution >= 4 is 23.1 Å². The predicted octanol–water partition coefficient (Wildman–Crippen LogP) is 5.36. The van der Waals surface area contributed by atoms with E-state index in [1.165, 1.54) is 12.1 Å². The summed E-state index contributed by atoms with van der Waals surface area (Å²) in [5.74, 6) is 0. The molecule has 39 heavy (non-hydrogen) atoms. The van der Waals surface area contributed by atoms with E-state index in [0.717, 1.165) is 5.69 Å². The van der Waals surface area contributed by atoms with E-state index >= 15 is 0 Å². The van der Waals surface area contributed by atoms with Crippen LogP contribution in [0.4, 0.5) is 48.2 Å². The van der Waals surface area contributed by atoms with Gasteiger partial charge in [-0.2, -0.15) is 26.3 Å². The monoisotopic (exact) mass is 553 g/mol. The van der Waals surface area contributed by atoms with Gasteiger partial charge in [0.1, 0.15) is 0 Å². The average molecular weight is 554 g/mol. The molecule has 0 radical (unpaired) electrons. The van der Waals surface area contributed by atoms with Crippen LogP contribution in [-0.4, -0.2) is 59.6 Å². The van der Waals surface area contributed by atoms with Crippen LogP contribution >= 0.6 is 0 Å². The quantitative estimate of drug-likeness (QED) is 0.358. The number of carbonyl (C=O) groups is 1. The topological polar surface area (TPSA) is 80.7 Å². The second-order valence-corrected chi connectivity index (χ2v) is 9.03. The first-order valence-electron chi connectivity index (χ1n) is 11.9. The third-order valence-electron chi connectivity index (χ3n) is 6.40. The van der Waals surface area contributed by atoms with Gasteiger partial charge in [-0.15, -0.1) is 0 Å². The number of nitrogens with one attached hydrogen (secondary N) is 2. The highest BCUT2D eigenvalue weighted by Crippen LogP contribution is 2.50. The van der Waals surface area contributed by atoms with Gasteiger partial charge in [-0.25, -0.2) is 4.79 Å². The van der Waals surface area contributed by atoms with Gasteiger partial charge in [0.25, 0.3) is 5.60 Å². The Morgan fingerprint density at radius 2 is 1.28 bits per heavy atom. The van der Waals surface area contributed by atoms with Crippen molar-refractivity contribution in [2.75, 3.05) is 41.7 Å². The van der Waals surface area contributed by atoms with Gasteiger partial charge in [-0.05, 0) is 42.0 Å². The first kappa shape index (κ1) is 28.2. The van der Waals surface area contributed by atoms with E-state index in [2.05, 4.69) is 20.5 Å². The molecule has 0 spiro atoms. The number of aromatic nitrogens is 1. The lowest BCUT2D eigenvalue weighted by atomic mass is 9.91. The molecule has 1 aliphatic heterocycles. The number of hydrogen-bond donors (Lipinski definition) is 3. The number of anilines is 3. The Hall–Kier alpha value is -3.84. The molecule has 0 aliphatic carbocycles. The number of aliphatic hydroxyl groups is 1. The number of rotatable bonds is 6. The van der Waals surface area contributed by atoms with E-state index in [0.29, 0.717) is 61.8 Å². The molecule has 3 N–H and O–H groups in total. The first-order chi connectivity index (χ1) is 18.4. The standard InChI is InChI=1S/C26H25F6N5O2/c27-25(28,29)24(39,26(30,31)32)19-3-1-18(2-4-19)17-36-13-15-37(16-14-36)22-7-5-20(6-8-22)34-23(38)35-21-9-11-33-12-10-21/h1-12,39H,13-17H2,(H2,33,34,35,38). The van der Waals surface area contributed by atoms with Crippen LogP contribution < -0.4 is 15.5 Å². The zero-order valence-electron chi connectivity index (χ0n) is 20.4. The van der Waals surface area contributed by atoms with Gasteiger partial charge >= 0.3 is 18.4 Å². The molecule has 1 aliphatic rings. The number of alkyl halides is 6. The van der Waals surface area contributed by atoms with E-state index in [1.807, 2.05) is 17.0 Å². The van der Waals surface area contributed by atoms with Gasteiger partial charge in [-0.1, -0.05) is 24.3 Å². The second kappa shape index (κ2) is 11.1. The zero-order chi connectivity index (χ0) is 28.3. The maximum absolute atomic E-state index is 13.1. The number of pyridine rings is 1. The van der Waals surface area contributed by atoms with Crippen molar-refractivity contribution < 1.29 is 36.2 Å². The normalized spacial score (nSPS) is 15.2. The molecule has 1 aromatic heterocycles. The summed E-state index contributed by atoms with van der Waals surface area (Å²) in [5, 5.41) is 15.0. The summed E-state index contributed by atoms with van der Waals surface area (Å²) >= 11 is 0. The Morgan fingerprint density at radius 1 is 0.769 bits per heavy atom. The van der Waals surface area contributed by atoms with Crippen LogP contribution in [-0.2, 0) is 12.1 Å². The number of amides is 2. The van der Waals surface area contributed by atoms with Crippen molar-refractivity contribution in [1.29, 1.82) is 0 Å². The third kappa shape index (κ3) is 6.42. The van der Waals surface area contributed by atoms with Gasteiger partial charge in [0.05, 0.1) is 0 Å². The van der Waals surface area contributed by atoms with E-state index in [9.17, 15) is 36.2 Å². The Balaban J connectivity index is 1.29. The van der Waals surface area contributed by atoms with Crippen LogP contribution in [0.2, 0.25) is 0 Å². The first-order valence-corrected chi connectivity index (χ1v) is 11.9. The molecule has 4 rings (SSSR count). The van der Waals surface area contributed by atoms with Crippen molar-refractivity contribution in [2.45, 2.75) is 24.5 Å². The largest absolute Gasteiger partial charge is 0.430 e. The maximum Gasteiger partial charge on any atom is 0.430 e. The number of piperazine rings is 1. The van der Waals surface area contributed by atoms with Gasteiger partial charge in [0, 0.05) is 67.7 Å². The Kier molecular flexibility index (Phi) is 8.02. The molecule has 0 unspecified atom stereocenters. The summed E-state index contributed by atoms with van der Waals surface area (Å²) in [4.78, 5) is 20.2. The highest BCUT2D eigenvalue weighted by molar-refractivity contribution is 5.99. The Bertz CT molecular complexity index is 1230. The fraction of sp³-hybridized carbons (Fsp3) is 0.308. The molecule has 0 saturated carbocycles. The summed E-state index contributed by atoms with van der Waals surface area (Å²) in [7, 11) is 0. The number of urea groups is 1. The molecule has 2 heterocycles. The van der Waals surface area contributed by atoms with Crippen LogP contribution in [0, 0.1) is 0 Å². The van der Waals surface area contributed by atoms with E-state index < -0.39 is 29.5 Å². The number of halogens is 6. The fourth-order valence-corrected chi connectivity index (χ4v) is 4.25. The van der Waals surface area contributed by atoms with E-state index in [-0.39, 0.29) is 0 Å². The molecule has 1 fully saturated rings. The van der Waals surface area contributed by atoms with Crippen LogP contribution in [0.5, 0.6) is 0 Å². The molecule has 0 bridgehead atoms. The molecule has 7 nitrogen and oxygen atoms in total. The van der Waals surface area contributed by atoms with Crippen molar-refractivity contribution in [3.8, 4) is 0 Å². The van der Waals surface area contributed by atoms with Crippen LogP contribution in [0.3, 0.4) is 0 Å². The van der Waals surface area contributed by atoms with Crippen molar-refractivity contribution in [3.05, 3.63) is 84.2 Å². The van der Waals surface area contributed by atoms with Crippen LogP contribution in [0.1, 0.15) is 11.1 Å². The van der Waals surface area contributed by atoms with Crippen LogP contribution in [0.15, 0.2) is 73.1 Å². The second-order valence-electron chi connectivity index (χ2n) is 9.03. The van der Waals surface area contributed by atoms with Crippen molar-refractivity contribution in [3.63, 3.8) is 0 Å². The number of carbonyl (C=O) groups excluding carboxylic acids is 1. The summed E-state index contributed by atoms with van der Waals surface area (Å²) in [6.07, 6.45) is -8.69. The van der Waals surface area contributed by atoms with Gasteiger partial charge in [0.2, 0.25) is 0 Å². The summed E-state index contributed by atoms with van der Waals surface area (Å²) in [5.41, 5.74) is -3.52. The lowest BCUT2D eigenvalue weighted by molar-refractivity contribution is -0.376. The van der Waals surface area contributed by atoms with Gasteiger partial charge in [-0.3, -0.25) is 9.88 Å². The summed E-state index contributed by atoms with van der Waals surface area (Å²) in [6.45, 7) is 2.86. The minimum atomic E-state index is -5.91. The smallest absolute Gasteiger partial charge is 0.369 e. The van der Waals surface area contributed by atoms with Crippen molar-refractivity contribution in [2.24, 2.45) is 0 Å². The van der Waals surface area contributed by atoms with Crippen molar-refractivity contribution in [1.82, 2.24) is 9.88 Å². The number of nitrogens with zero attached hydrogens (tertiary/aromatic N) is 3. The predicted molar refractivity (Wildman–Crippen MR) is 133 cm³/mol. The van der Waals surface area contributed by atoms with Gasteiger partial charge in [0.15, 0.2) is 0 Å². The molecule has 0 atom stereocenters. The number of hydrogen-bond acceptors (Lipinski definition) is 5. The highest BCUT2D eigenvalue weighted by atomic mass is 19.4. The third-order valence-corrected chi connectivity index (χ3v) is 6.40. The summed E-state index contributed by atoms with van der Waals surface area (Å²) < 4.78 is 78.5. The average Bonchev–Trinajstić information content (AvgIpc) is 2.89.